The Morgan fingerprint density at radius 2 is 1.85 bits per heavy atom. The van der Waals surface area contributed by atoms with Crippen molar-refractivity contribution < 1.29 is 13.2 Å². The maximum atomic E-state index is 12.8. The van der Waals surface area contributed by atoms with Gasteiger partial charge in [-0.2, -0.15) is 0 Å². The summed E-state index contributed by atoms with van der Waals surface area (Å²) in [5, 5.41) is 3.04. The Morgan fingerprint density at radius 3 is 2.56 bits per heavy atom. The molecule has 0 aliphatic heterocycles. The molecule has 2 aromatic carbocycles. The Balaban J connectivity index is 1.82. The molecule has 0 aromatic heterocycles. The number of carbonyl (C=O) groups excluding carboxylic acids is 1. The van der Waals surface area contributed by atoms with Crippen LogP contribution in [-0.4, -0.2) is 27.6 Å². The fourth-order valence-electron chi connectivity index (χ4n) is 3.61. The van der Waals surface area contributed by atoms with Gasteiger partial charge in [-0.3, -0.25) is 9.10 Å². The molecular weight excluding hydrogens is 360 g/mol. The van der Waals surface area contributed by atoms with Gasteiger partial charge in [0, 0.05) is 12.6 Å². The molecule has 1 unspecified atom stereocenters. The van der Waals surface area contributed by atoms with Crippen molar-refractivity contribution in [3.8, 4) is 0 Å². The summed E-state index contributed by atoms with van der Waals surface area (Å²) in [6.07, 6.45) is 4.58. The summed E-state index contributed by atoms with van der Waals surface area (Å²) in [7, 11) is -1.90. The summed E-state index contributed by atoms with van der Waals surface area (Å²) < 4.78 is 24.9. The summed E-state index contributed by atoms with van der Waals surface area (Å²) in [6.45, 7) is 3.74. The van der Waals surface area contributed by atoms with Crippen LogP contribution in [0, 0.1) is 6.92 Å². The Kier molecular flexibility index (Phi) is 5.29. The first-order chi connectivity index (χ1) is 12.7. The number of carbonyl (C=O) groups is 1. The van der Waals surface area contributed by atoms with Crippen molar-refractivity contribution in [1.29, 1.82) is 0 Å². The third-order valence-corrected chi connectivity index (χ3v) is 6.55. The summed E-state index contributed by atoms with van der Waals surface area (Å²) in [4.78, 5) is 12.8. The highest BCUT2D eigenvalue weighted by Crippen LogP contribution is 2.27. The fourth-order valence-corrected chi connectivity index (χ4v) is 4.16. The van der Waals surface area contributed by atoms with E-state index in [4.69, 9.17) is 0 Å². The molecule has 6 heteroatoms. The molecule has 0 radical (unpaired) electrons. The van der Waals surface area contributed by atoms with E-state index in [1.807, 2.05) is 6.92 Å². The minimum Gasteiger partial charge on any atom is -0.346 e. The van der Waals surface area contributed by atoms with E-state index in [1.54, 1.807) is 25.1 Å². The number of rotatable bonds is 5. The third kappa shape index (κ3) is 4.00. The van der Waals surface area contributed by atoms with Crippen LogP contribution in [0.25, 0.3) is 0 Å². The van der Waals surface area contributed by atoms with Crippen LogP contribution >= 0.6 is 0 Å². The van der Waals surface area contributed by atoms with Gasteiger partial charge in [-0.05, 0) is 67.5 Å². The lowest BCUT2D eigenvalue weighted by atomic mass is 10.0. The van der Waals surface area contributed by atoms with Gasteiger partial charge in [-0.1, -0.05) is 24.3 Å². The van der Waals surface area contributed by atoms with E-state index in [2.05, 4.69) is 23.5 Å². The van der Waals surface area contributed by atoms with Gasteiger partial charge in [0.15, 0.2) is 0 Å². The van der Waals surface area contributed by atoms with Gasteiger partial charge in [0.2, 0.25) is 10.0 Å². The molecule has 0 saturated carbocycles. The Hall–Kier alpha value is -2.34. The van der Waals surface area contributed by atoms with E-state index in [1.165, 1.54) is 28.9 Å². The number of sulfonamides is 1. The molecular formula is C21H26N2O3S. The van der Waals surface area contributed by atoms with Crippen LogP contribution in [-0.2, 0) is 22.9 Å². The maximum absolute atomic E-state index is 12.8. The largest absolute Gasteiger partial charge is 0.346 e. The molecule has 1 aliphatic rings. The van der Waals surface area contributed by atoms with Gasteiger partial charge in [0.25, 0.3) is 5.91 Å². The number of hydrogen-bond acceptors (Lipinski definition) is 3. The minimum atomic E-state index is -3.39. The van der Waals surface area contributed by atoms with Crippen LogP contribution in [0.2, 0.25) is 0 Å². The summed E-state index contributed by atoms with van der Waals surface area (Å²) in [5.41, 5.74) is 5.51. The average molecular weight is 387 g/mol. The normalized spacial score (nSPS) is 14.5. The molecule has 144 valence electrons. The molecule has 3 rings (SSSR count). The maximum Gasteiger partial charge on any atom is 0.252 e. The van der Waals surface area contributed by atoms with Crippen LogP contribution in [0.1, 0.15) is 52.0 Å². The molecule has 5 nitrogen and oxygen atoms in total. The second-order valence-electron chi connectivity index (χ2n) is 7.26. The van der Waals surface area contributed by atoms with Crippen molar-refractivity contribution in [2.24, 2.45) is 0 Å². The zero-order chi connectivity index (χ0) is 19.8. The Labute approximate surface area is 161 Å². The Morgan fingerprint density at radius 1 is 1.15 bits per heavy atom. The molecule has 0 bridgehead atoms. The molecule has 0 saturated heterocycles. The first-order valence-corrected chi connectivity index (χ1v) is 11.0. The van der Waals surface area contributed by atoms with Crippen molar-refractivity contribution in [3.05, 3.63) is 64.2 Å². The van der Waals surface area contributed by atoms with Gasteiger partial charge >= 0.3 is 0 Å². The molecule has 1 aliphatic carbocycles. The first kappa shape index (κ1) is 19.4. The molecule has 27 heavy (non-hydrogen) atoms. The topological polar surface area (TPSA) is 66.5 Å². The monoisotopic (exact) mass is 386 g/mol. The molecule has 0 spiro atoms. The number of hydrogen-bond donors (Lipinski definition) is 1. The van der Waals surface area contributed by atoms with Crippen molar-refractivity contribution in [3.63, 3.8) is 0 Å². The van der Waals surface area contributed by atoms with Crippen molar-refractivity contribution in [2.45, 2.75) is 39.2 Å². The van der Waals surface area contributed by atoms with Crippen LogP contribution < -0.4 is 9.62 Å². The second-order valence-corrected chi connectivity index (χ2v) is 9.27. The van der Waals surface area contributed by atoms with Gasteiger partial charge < -0.3 is 5.32 Å². The van der Waals surface area contributed by atoms with Crippen molar-refractivity contribution >= 4 is 21.6 Å². The first-order valence-electron chi connectivity index (χ1n) is 9.14. The highest BCUT2D eigenvalue weighted by Gasteiger charge is 2.20. The van der Waals surface area contributed by atoms with E-state index in [0.29, 0.717) is 16.8 Å². The third-order valence-electron chi connectivity index (χ3n) is 5.36. The second kappa shape index (κ2) is 7.35. The molecule has 0 fully saturated rings. The highest BCUT2D eigenvalue weighted by atomic mass is 32.2. The summed E-state index contributed by atoms with van der Waals surface area (Å²) in [6, 6.07) is 11.4. The SMILES string of the molecule is Cc1c(C(=O)NC(C)c2ccc3c(c2)CCC3)cccc1N(C)S(C)(=O)=O. The lowest BCUT2D eigenvalue weighted by Crippen LogP contribution is -2.29. The summed E-state index contributed by atoms with van der Waals surface area (Å²) >= 11 is 0. The lowest BCUT2D eigenvalue weighted by Gasteiger charge is -2.21. The van der Waals surface area contributed by atoms with Gasteiger partial charge in [0.05, 0.1) is 18.0 Å². The Bertz CT molecular complexity index is 983. The van der Waals surface area contributed by atoms with Crippen molar-refractivity contribution in [2.75, 3.05) is 17.6 Å². The number of fused-ring (bicyclic) bond motifs is 1. The van der Waals surface area contributed by atoms with Crippen LogP contribution in [0.15, 0.2) is 36.4 Å². The van der Waals surface area contributed by atoms with E-state index in [9.17, 15) is 13.2 Å². The number of nitrogens with zero attached hydrogens (tertiary/aromatic N) is 1. The van der Waals surface area contributed by atoms with E-state index in [0.717, 1.165) is 24.7 Å². The predicted molar refractivity (Wildman–Crippen MR) is 109 cm³/mol. The van der Waals surface area contributed by atoms with E-state index < -0.39 is 10.0 Å². The van der Waals surface area contributed by atoms with E-state index >= 15 is 0 Å². The van der Waals surface area contributed by atoms with E-state index in [-0.39, 0.29) is 11.9 Å². The van der Waals surface area contributed by atoms with Gasteiger partial charge in [0.1, 0.15) is 0 Å². The fraction of sp³-hybridized carbons (Fsp3) is 0.381. The minimum absolute atomic E-state index is 0.126. The molecule has 2 aromatic rings. The zero-order valence-electron chi connectivity index (χ0n) is 16.2. The quantitative estimate of drug-likeness (QED) is 0.857. The van der Waals surface area contributed by atoms with Gasteiger partial charge in [-0.15, -0.1) is 0 Å². The molecule has 1 amide bonds. The van der Waals surface area contributed by atoms with Crippen LogP contribution in [0.3, 0.4) is 0 Å². The standard InChI is InChI=1S/C21H26N2O3S/c1-14-19(9-6-10-20(14)23(3)27(4,25)26)21(24)22-15(2)17-12-11-16-7-5-8-18(16)13-17/h6,9-13,15H,5,7-8H2,1-4H3,(H,22,24). The van der Waals surface area contributed by atoms with Crippen LogP contribution in [0.5, 0.6) is 0 Å². The highest BCUT2D eigenvalue weighted by molar-refractivity contribution is 7.92. The van der Waals surface area contributed by atoms with Gasteiger partial charge in [-0.25, -0.2) is 8.42 Å². The lowest BCUT2D eigenvalue weighted by molar-refractivity contribution is 0.0939. The molecule has 1 atom stereocenters. The van der Waals surface area contributed by atoms with Crippen molar-refractivity contribution in [1.82, 2.24) is 5.32 Å². The number of benzene rings is 2. The molecule has 0 heterocycles. The number of anilines is 1. The summed E-state index contributed by atoms with van der Waals surface area (Å²) in [5.74, 6) is -0.204. The zero-order valence-corrected chi connectivity index (χ0v) is 17.1. The predicted octanol–water partition coefficient (Wildman–Crippen LogP) is 3.37. The average Bonchev–Trinajstić information content (AvgIpc) is 3.08. The number of nitrogens with one attached hydrogen (secondary N) is 1. The smallest absolute Gasteiger partial charge is 0.252 e. The van der Waals surface area contributed by atoms with Crippen LogP contribution in [0.4, 0.5) is 5.69 Å². The molecule has 1 N–H and O–H groups in total. The number of aryl methyl sites for hydroxylation is 2. The number of amides is 1.